The Morgan fingerprint density at radius 3 is 2.66 bits per heavy atom. The summed E-state index contributed by atoms with van der Waals surface area (Å²) in [5, 5.41) is 10.3. The predicted octanol–water partition coefficient (Wildman–Crippen LogP) is 3.15. The van der Waals surface area contributed by atoms with Crippen LogP contribution >= 0.6 is 11.8 Å². The van der Waals surface area contributed by atoms with Crippen molar-refractivity contribution in [3.63, 3.8) is 0 Å². The van der Waals surface area contributed by atoms with E-state index in [1.165, 1.54) is 22.1 Å². The van der Waals surface area contributed by atoms with Gasteiger partial charge in [-0.25, -0.2) is 0 Å². The van der Waals surface area contributed by atoms with Crippen LogP contribution in [0.2, 0.25) is 0 Å². The van der Waals surface area contributed by atoms with Gasteiger partial charge in [-0.2, -0.15) is 5.10 Å². The van der Waals surface area contributed by atoms with Crippen molar-refractivity contribution < 1.29 is 14.4 Å². The number of aromatic nitrogens is 2. The van der Waals surface area contributed by atoms with Crippen LogP contribution in [0.15, 0.2) is 35.2 Å². The molecule has 1 atom stereocenters. The number of nitrogens with zero attached hydrogens (tertiary/aromatic N) is 3. The van der Waals surface area contributed by atoms with Crippen molar-refractivity contribution in [2.45, 2.75) is 62.0 Å². The molecule has 1 aromatic carbocycles. The zero-order valence-corrected chi connectivity index (χ0v) is 19.5. The zero-order chi connectivity index (χ0) is 22.9. The quantitative estimate of drug-likeness (QED) is 0.675. The van der Waals surface area contributed by atoms with Gasteiger partial charge >= 0.3 is 0 Å². The van der Waals surface area contributed by atoms with E-state index in [9.17, 15) is 14.4 Å². The Morgan fingerprint density at radius 2 is 1.94 bits per heavy atom. The van der Waals surface area contributed by atoms with Crippen LogP contribution in [-0.4, -0.2) is 57.3 Å². The maximum atomic E-state index is 13.2. The van der Waals surface area contributed by atoms with E-state index in [1.807, 2.05) is 24.5 Å². The number of hydrogen-bond acceptors (Lipinski definition) is 5. The van der Waals surface area contributed by atoms with Crippen LogP contribution in [0.25, 0.3) is 0 Å². The number of amides is 3. The lowest BCUT2D eigenvalue weighted by Gasteiger charge is -2.41. The summed E-state index contributed by atoms with van der Waals surface area (Å²) in [7, 11) is 1.63. The summed E-state index contributed by atoms with van der Waals surface area (Å²) in [4.78, 5) is 41.5. The Balaban J connectivity index is 1.53. The molecule has 0 spiro atoms. The number of rotatable bonds is 5. The Labute approximate surface area is 192 Å². The maximum Gasteiger partial charge on any atom is 0.276 e. The normalized spacial score (nSPS) is 21.2. The van der Waals surface area contributed by atoms with Gasteiger partial charge in [0.1, 0.15) is 11.2 Å². The van der Waals surface area contributed by atoms with Gasteiger partial charge in [0.2, 0.25) is 5.91 Å². The van der Waals surface area contributed by atoms with Crippen LogP contribution in [0, 0.1) is 0 Å². The topological polar surface area (TPSA) is 96.3 Å². The summed E-state index contributed by atoms with van der Waals surface area (Å²) in [6.07, 6.45) is 7.32. The smallest absolute Gasteiger partial charge is 0.276 e. The third-order valence-corrected chi connectivity index (χ3v) is 7.22. The second-order valence-electron chi connectivity index (χ2n) is 8.70. The van der Waals surface area contributed by atoms with E-state index in [4.69, 9.17) is 0 Å². The molecule has 2 heterocycles. The van der Waals surface area contributed by atoms with Crippen LogP contribution in [0.1, 0.15) is 60.0 Å². The monoisotopic (exact) mass is 455 g/mol. The molecule has 2 aliphatic rings. The number of carbonyl (C=O) groups is 3. The minimum absolute atomic E-state index is 0.147. The Morgan fingerprint density at radius 1 is 1.19 bits per heavy atom. The second-order valence-corrected chi connectivity index (χ2v) is 9.58. The van der Waals surface area contributed by atoms with Gasteiger partial charge in [-0.15, -0.1) is 11.8 Å². The number of likely N-dealkylation sites (N-methyl/N-ethyl adjacent to an activating group) is 1. The predicted molar refractivity (Wildman–Crippen MR) is 124 cm³/mol. The molecular formula is C23H29N5O3S. The lowest BCUT2D eigenvalue weighted by atomic mass is 9.92. The first kappa shape index (κ1) is 22.4. The molecule has 32 heavy (non-hydrogen) atoms. The fourth-order valence-electron chi connectivity index (χ4n) is 4.32. The minimum Gasteiger partial charge on any atom is -0.351 e. The largest absolute Gasteiger partial charge is 0.351 e. The molecule has 0 radical (unpaired) electrons. The lowest BCUT2D eigenvalue weighted by Crippen LogP contribution is -2.63. The molecule has 1 aliphatic carbocycles. The molecule has 9 heteroatoms. The number of anilines is 1. The molecular weight excluding hydrogens is 426 g/mol. The molecule has 2 aromatic rings. The van der Waals surface area contributed by atoms with Crippen molar-refractivity contribution in [2.75, 3.05) is 18.6 Å². The molecule has 4 rings (SSSR count). The fourth-order valence-corrected chi connectivity index (χ4v) is 4.78. The van der Waals surface area contributed by atoms with E-state index in [2.05, 4.69) is 15.7 Å². The zero-order valence-electron chi connectivity index (χ0n) is 18.7. The molecule has 1 saturated carbocycles. The first-order valence-corrected chi connectivity index (χ1v) is 12.2. The highest BCUT2D eigenvalue weighted by Crippen LogP contribution is 2.28. The van der Waals surface area contributed by atoms with Crippen molar-refractivity contribution in [1.82, 2.24) is 20.0 Å². The van der Waals surface area contributed by atoms with Crippen molar-refractivity contribution in [1.29, 1.82) is 0 Å². The lowest BCUT2D eigenvalue weighted by molar-refractivity contribution is -0.133. The van der Waals surface area contributed by atoms with Crippen LogP contribution < -0.4 is 10.6 Å². The first-order valence-electron chi connectivity index (χ1n) is 10.9. The average molecular weight is 456 g/mol. The van der Waals surface area contributed by atoms with Crippen LogP contribution in [0.3, 0.4) is 0 Å². The molecule has 1 aromatic heterocycles. The summed E-state index contributed by atoms with van der Waals surface area (Å²) < 4.78 is 1.48. The molecule has 170 valence electrons. The highest BCUT2D eigenvalue weighted by atomic mass is 32.2. The summed E-state index contributed by atoms with van der Waals surface area (Å²) in [5.41, 5.74) is 0.0354. The molecule has 8 nitrogen and oxygen atoms in total. The molecule has 1 aliphatic heterocycles. The molecule has 0 bridgehead atoms. The van der Waals surface area contributed by atoms with Crippen molar-refractivity contribution in [3.8, 4) is 0 Å². The second kappa shape index (κ2) is 8.97. The van der Waals surface area contributed by atoms with Crippen molar-refractivity contribution in [3.05, 3.63) is 41.7 Å². The number of benzene rings is 1. The number of carbonyl (C=O) groups excluding carboxylic acids is 3. The SMILES string of the molecule is CSc1cccc(NC(=O)c2cc3n(n2)CC(C)(C(=O)NC2CCCCC2)N(C)C3=O)c1. The molecule has 2 N–H and O–H groups in total. The highest BCUT2D eigenvalue weighted by Gasteiger charge is 2.46. The maximum absolute atomic E-state index is 13.2. The van der Waals surface area contributed by atoms with Gasteiger partial charge in [-0.3, -0.25) is 19.1 Å². The number of nitrogens with one attached hydrogen (secondary N) is 2. The molecule has 1 unspecified atom stereocenters. The van der Waals surface area contributed by atoms with Gasteiger partial charge in [-0.05, 0) is 44.2 Å². The molecule has 1 fully saturated rings. The van der Waals surface area contributed by atoms with E-state index in [0.29, 0.717) is 11.4 Å². The molecule has 0 saturated heterocycles. The van der Waals surface area contributed by atoms with Gasteiger partial charge in [0.05, 0.1) is 6.54 Å². The minimum atomic E-state index is -1.08. The fraction of sp³-hybridized carbons (Fsp3) is 0.478. The van der Waals surface area contributed by atoms with E-state index in [-0.39, 0.29) is 30.1 Å². The summed E-state index contributed by atoms with van der Waals surface area (Å²) >= 11 is 1.58. The van der Waals surface area contributed by atoms with E-state index < -0.39 is 11.4 Å². The van der Waals surface area contributed by atoms with E-state index in [1.54, 1.807) is 31.8 Å². The summed E-state index contributed by atoms with van der Waals surface area (Å²) in [6.45, 7) is 1.94. The van der Waals surface area contributed by atoms with Crippen LogP contribution in [0.4, 0.5) is 5.69 Å². The van der Waals surface area contributed by atoms with E-state index >= 15 is 0 Å². The number of thioether (sulfide) groups is 1. The van der Waals surface area contributed by atoms with Crippen molar-refractivity contribution >= 4 is 35.2 Å². The standard InChI is InChI=1S/C23H29N5O3S/c1-23(22(31)25-15-8-5-4-6-9-15)14-28-19(21(30)27(23)2)13-18(26-28)20(29)24-16-10-7-11-17(12-16)32-3/h7,10-13,15H,4-6,8-9,14H2,1-3H3,(H,24,29)(H,25,31). The first-order chi connectivity index (χ1) is 15.3. The van der Waals surface area contributed by atoms with E-state index in [0.717, 1.165) is 30.6 Å². The van der Waals surface area contributed by atoms with Gasteiger partial charge in [-0.1, -0.05) is 25.3 Å². The van der Waals surface area contributed by atoms with Gasteiger partial charge in [0.15, 0.2) is 5.69 Å². The van der Waals surface area contributed by atoms with Crippen LogP contribution in [-0.2, 0) is 11.3 Å². The number of fused-ring (bicyclic) bond motifs is 1. The Kier molecular flexibility index (Phi) is 6.28. The van der Waals surface area contributed by atoms with Crippen LogP contribution in [0.5, 0.6) is 0 Å². The summed E-state index contributed by atoms with van der Waals surface area (Å²) in [5.74, 6) is -0.899. The van der Waals surface area contributed by atoms with Gasteiger partial charge in [0.25, 0.3) is 11.8 Å². The Bertz CT molecular complexity index is 1050. The average Bonchev–Trinajstić information content (AvgIpc) is 3.22. The Hall–Kier alpha value is -2.81. The van der Waals surface area contributed by atoms with Crippen molar-refractivity contribution in [2.24, 2.45) is 0 Å². The third-order valence-electron chi connectivity index (χ3n) is 6.49. The van der Waals surface area contributed by atoms with Gasteiger partial charge < -0.3 is 15.5 Å². The summed E-state index contributed by atoms with van der Waals surface area (Å²) in [6, 6.07) is 9.15. The third kappa shape index (κ3) is 4.26. The number of hydrogen-bond donors (Lipinski definition) is 2. The molecule has 3 amide bonds. The van der Waals surface area contributed by atoms with Gasteiger partial charge in [0, 0.05) is 29.7 Å². The highest BCUT2D eigenvalue weighted by molar-refractivity contribution is 7.98.